The number of hydrogen-bond acceptors (Lipinski definition) is 4. The molecule has 2 heterocycles. The first-order valence-corrected chi connectivity index (χ1v) is 7.23. The van der Waals surface area contributed by atoms with E-state index in [-0.39, 0.29) is 17.3 Å². The molecule has 9 heteroatoms. The van der Waals surface area contributed by atoms with E-state index < -0.39 is 23.7 Å². The summed E-state index contributed by atoms with van der Waals surface area (Å²) >= 11 is 0. The fourth-order valence-electron chi connectivity index (χ4n) is 2.31. The van der Waals surface area contributed by atoms with E-state index >= 15 is 0 Å². The van der Waals surface area contributed by atoms with Crippen LogP contribution in [0, 0.1) is 5.82 Å². The SMILES string of the molecule is O=C1CCC(C(=O)Nc2cn[nH]c2C(=O)Nc2ccc(F)cc2)N1. The Hall–Kier alpha value is -3.23. The molecule has 1 atom stereocenters. The lowest BCUT2D eigenvalue weighted by molar-refractivity contribution is -0.122. The van der Waals surface area contributed by atoms with E-state index in [1.165, 1.54) is 30.5 Å². The standard InChI is InChI=1S/C15H14FN5O3/c16-8-1-3-9(4-2-8)18-15(24)13-11(7-17-21-13)20-14(23)10-5-6-12(22)19-10/h1-4,7,10H,5-6H2,(H,17,21)(H,18,24)(H,19,22)(H,20,23). The summed E-state index contributed by atoms with van der Waals surface area (Å²) in [5.41, 5.74) is 0.647. The van der Waals surface area contributed by atoms with Crippen LogP contribution in [0.2, 0.25) is 0 Å². The number of anilines is 2. The van der Waals surface area contributed by atoms with E-state index in [1.807, 2.05) is 0 Å². The van der Waals surface area contributed by atoms with Crippen LogP contribution >= 0.6 is 0 Å². The molecule has 1 aliphatic rings. The molecule has 0 bridgehead atoms. The smallest absolute Gasteiger partial charge is 0.275 e. The Kier molecular flexibility index (Phi) is 4.23. The van der Waals surface area contributed by atoms with E-state index in [0.29, 0.717) is 18.5 Å². The van der Waals surface area contributed by atoms with E-state index in [2.05, 4.69) is 26.1 Å². The maximum Gasteiger partial charge on any atom is 0.275 e. The van der Waals surface area contributed by atoms with Crippen molar-refractivity contribution >= 4 is 29.1 Å². The number of rotatable bonds is 4. The highest BCUT2D eigenvalue weighted by molar-refractivity contribution is 6.09. The molecule has 2 aromatic rings. The zero-order valence-corrected chi connectivity index (χ0v) is 12.4. The van der Waals surface area contributed by atoms with Crippen LogP contribution in [0.1, 0.15) is 23.3 Å². The van der Waals surface area contributed by atoms with Crippen molar-refractivity contribution in [3.05, 3.63) is 42.0 Å². The second-order valence-electron chi connectivity index (χ2n) is 5.27. The first-order valence-electron chi connectivity index (χ1n) is 7.23. The Morgan fingerprint density at radius 1 is 1.21 bits per heavy atom. The first-order chi connectivity index (χ1) is 11.5. The summed E-state index contributed by atoms with van der Waals surface area (Å²) in [6.45, 7) is 0. The maximum atomic E-state index is 12.9. The molecule has 1 aromatic heterocycles. The second kappa shape index (κ2) is 6.49. The molecule has 0 saturated carbocycles. The molecule has 1 saturated heterocycles. The Bertz CT molecular complexity index is 787. The highest BCUT2D eigenvalue weighted by Crippen LogP contribution is 2.17. The van der Waals surface area contributed by atoms with Crippen LogP contribution in [0.15, 0.2) is 30.5 Å². The van der Waals surface area contributed by atoms with Gasteiger partial charge in [0.2, 0.25) is 11.8 Å². The minimum absolute atomic E-state index is 0.0528. The predicted molar refractivity (Wildman–Crippen MR) is 82.7 cm³/mol. The van der Waals surface area contributed by atoms with E-state index in [0.717, 1.165) is 0 Å². The molecular formula is C15H14FN5O3. The van der Waals surface area contributed by atoms with Gasteiger partial charge in [-0.2, -0.15) is 5.10 Å². The fraction of sp³-hybridized carbons (Fsp3) is 0.200. The van der Waals surface area contributed by atoms with Gasteiger partial charge in [-0.15, -0.1) is 0 Å². The lowest BCUT2D eigenvalue weighted by Gasteiger charge is -2.11. The number of benzene rings is 1. The Morgan fingerprint density at radius 3 is 2.62 bits per heavy atom. The number of aromatic amines is 1. The Balaban J connectivity index is 1.68. The number of nitrogens with zero attached hydrogens (tertiary/aromatic N) is 1. The number of aromatic nitrogens is 2. The predicted octanol–water partition coefficient (Wildman–Crippen LogP) is 1.02. The Labute approximate surface area is 135 Å². The maximum absolute atomic E-state index is 12.9. The van der Waals surface area contributed by atoms with Crippen molar-refractivity contribution in [1.82, 2.24) is 15.5 Å². The molecule has 0 radical (unpaired) electrons. The van der Waals surface area contributed by atoms with Crippen molar-refractivity contribution < 1.29 is 18.8 Å². The highest BCUT2D eigenvalue weighted by Gasteiger charge is 2.28. The highest BCUT2D eigenvalue weighted by atomic mass is 19.1. The van der Waals surface area contributed by atoms with Gasteiger partial charge in [-0.3, -0.25) is 19.5 Å². The number of halogens is 1. The van der Waals surface area contributed by atoms with Gasteiger partial charge in [0.15, 0.2) is 0 Å². The van der Waals surface area contributed by atoms with Crippen molar-refractivity contribution in [1.29, 1.82) is 0 Å². The van der Waals surface area contributed by atoms with Gasteiger partial charge in [-0.1, -0.05) is 0 Å². The van der Waals surface area contributed by atoms with Gasteiger partial charge in [0, 0.05) is 12.1 Å². The molecule has 1 fully saturated rings. The lowest BCUT2D eigenvalue weighted by Crippen LogP contribution is -2.37. The van der Waals surface area contributed by atoms with Crippen LogP contribution < -0.4 is 16.0 Å². The molecule has 8 nitrogen and oxygen atoms in total. The number of nitrogens with one attached hydrogen (secondary N) is 4. The third-order valence-corrected chi connectivity index (χ3v) is 3.54. The minimum Gasteiger partial charge on any atom is -0.344 e. The van der Waals surface area contributed by atoms with Crippen molar-refractivity contribution in [3.63, 3.8) is 0 Å². The molecule has 1 aliphatic heterocycles. The van der Waals surface area contributed by atoms with Crippen molar-refractivity contribution in [2.45, 2.75) is 18.9 Å². The van der Waals surface area contributed by atoms with Gasteiger partial charge in [-0.25, -0.2) is 4.39 Å². The zero-order chi connectivity index (χ0) is 17.1. The van der Waals surface area contributed by atoms with E-state index in [9.17, 15) is 18.8 Å². The van der Waals surface area contributed by atoms with E-state index in [1.54, 1.807) is 0 Å². The molecule has 1 aromatic carbocycles. The summed E-state index contributed by atoms with van der Waals surface area (Å²) in [5.74, 6) is -1.55. The van der Waals surface area contributed by atoms with Crippen molar-refractivity contribution in [2.75, 3.05) is 10.6 Å². The summed E-state index contributed by atoms with van der Waals surface area (Å²) in [7, 11) is 0. The molecule has 1 unspecified atom stereocenters. The molecule has 3 rings (SSSR count). The molecule has 24 heavy (non-hydrogen) atoms. The van der Waals surface area contributed by atoms with E-state index in [4.69, 9.17) is 0 Å². The number of carbonyl (C=O) groups excluding carboxylic acids is 3. The van der Waals surface area contributed by atoms with Gasteiger partial charge in [0.1, 0.15) is 17.6 Å². The van der Waals surface area contributed by atoms with Crippen molar-refractivity contribution in [2.24, 2.45) is 0 Å². The number of H-pyrrole nitrogens is 1. The van der Waals surface area contributed by atoms with Gasteiger partial charge >= 0.3 is 0 Å². The zero-order valence-electron chi connectivity index (χ0n) is 12.4. The van der Waals surface area contributed by atoms with Crippen LogP contribution in [0.4, 0.5) is 15.8 Å². The average Bonchev–Trinajstić information content (AvgIpc) is 3.18. The average molecular weight is 331 g/mol. The third-order valence-electron chi connectivity index (χ3n) is 3.54. The molecule has 0 aliphatic carbocycles. The topological polar surface area (TPSA) is 116 Å². The quantitative estimate of drug-likeness (QED) is 0.669. The lowest BCUT2D eigenvalue weighted by atomic mass is 10.2. The molecule has 124 valence electrons. The van der Waals surface area contributed by atoms with Crippen LogP contribution in [0.25, 0.3) is 0 Å². The largest absolute Gasteiger partial charge is 0.344 e. The monoisotopic (exact) mass is 331 g/mol. The number of carbonyl (C=O) groups is 3. The van der Waals surface area contributed by atoms with Crippen LogP contribution in [0.3, 0.4) is 0 Å². The Morgan fingerprint density at radius 2 is 1.96 bits per heavy atom. The first kappa shape index (κ1) is 15.7. The molecule has 4 N–H and O–H groups in total. The van der Waals surface area contributed by atoms with Crippen molar-refractivity contribution in [3.8, 4) is 0 Å². The summed E-state index contributed by atoms with van der Waals surface area (Å²) < 4.78 is 12.9. The fourth-order valence-corrected chi connectivity index (χ4v) is 2.31. The normalized spacial score (nSPS) is 16.5. The van der Waals surface area contributed by atoms with Crippen LogP contribution in [0.5, 0.6) is 0 Å². The third kappa shape index (κ3) is 3.40. The summed E-state index contributed by atoms with van der Waals surface area (Å²) in [6.07, 6.45) is 2.00. The number of hydrogen-bond donors (Lipinski definition) is 4. The summed E-state index contributed by atoms with van der Waals surface area (Å²) in [5, 5.41) is 13.9. The molecular weight excluding hydrogens is 317 g/mol. The van der Waals surface area contributed by atoms with Gasteiger partial charge < -0.3 is 16.0 Å². The number of amides is 3. The van der Waals surface area contributed by atoms with Crippen LogP contribution in [-0.2, 0) is 9.59 Å². The minimum atomic E-state index is -0.625. The van der Waals surface area contributed by atoms with Crippen LogP contribution in [-0.4, -0.2) is 34.0 Å². The van der Waals surface area contributed by atoms with Gasteiger partial charge in [-0.05, 0) is 30.7 Å². The molecule has 0 spiro atoms. The van der Waals surface area contributed by atoms with Gasteiger partial charge in [0.05, 0.1) is 11.9 Å². The van der Waals surface area contributed by atoms with Gasteiger partial charge in [0.25, 0.3) is 5.91 Å². The summed E-state index contributed by atoms with van der Waals surface area (Å²) in [6, 6.07) is 4.63. The summed E-state index contributed by atoms with van der Waals surface area (Å²) in [4.78, 5) is 35.5. The second-order valence-corrected chi connectivity index (χ2v) is 5.27. The molecule has 3 amide bonds.